The lowest BCUT2D eigenvalue weighted by Crippen LogP contribution is -2.41. The summed E-state index contributed by atoms with van der Waals surface area (Å²) in [6.07, 6.45) is 2.61. The maximum atomic E-state index is 13.9. The lowest BCUT2D eigenvalue weighted by atomic mass is 9.74. The molecule has 1 aromatic carbocycles. The first kappa shape index (κ1) is 16.5. The van der Waals surface area contributed by atoms with Crippen molar-refractivity contribution in [3.8, 4) is 0 Å². The van der Waals surface area contributed by atoms with Crippen molar-refractivity contribution in [3.05, 3.63) is 41.4 Å². The van der Waals surface area contributed by atoms with Crippen LogP contribution in [-0.4, -0.2) is 31.4 Å². The minimum atomic E-state index is -0.530. The lowest BCUT2D eigenvalue weighted by Gasteiger charge is -2.32. The summed E-state index contributed by atoms with van der Waals surface area (Å²) >= 11 is 0. The van der Waals surface area contributed by atoms with Crippen LogP contribution in [0, 0.1) is 11.6 Å². The molecule has 1 aromatic rings. The zero-order valence-electron chi connectivity index (χ0n) is 14.0. The molecule has 0 saturated carbocycles. The molecule has 0 aliphatic carbocycles. The fourth-order valence-electron chi connectivity index (χ4n) is 2.89. The van der Waals surface area contributed by atoms with E-state index in [9.17, 15) is 8.78 Å². The van der Waals surface area contributed by atoms with Gasteiger partial charge in [0.15, 0.2) is 0 Å². The molecule has 2 aliphatic rings. The Hall–Kier alpha value is -1.40. The minimum Gasteiger partial charge on any atom is -0.400 e. The number of para-hydroxylation sites is 1. The number of benzene rings is 1. The summed E-state index contributed by atoms with van der Waals surface area (Å²) in [4.78, 5) is 1.71. The topological polar surface area (TPSA) is 21.7 Å². The number of halogens is 2. The lowest BCUT2D eigenvalue weighted by molar-refractivity contribution is 0.00578. The quantitative estimate of drug-likeness (QED) is 0.775. The summed E-state index contributed by atoms with van der Waals surface area (Å²) in [6, 6.07) is 3.95. The van der Waals surface area contributed by atoms with Crippen LogP contribution >= 0.6 is 0 Å². The molecule has 23 heavy (non-hydrogen) atoms. The van der Waals surface area contributed by atoms with Crippen LogP contribution in [0.4, 0.5) is 14.5 Å². The van der Waals surface area contributed by atoms with Crippen molar-refractivity contribution < 1.29 is 18.1 Å². The number of rotatable bonds is 2. The summed E-state index contributed by atoms with van der Waals surface area (Å²) in [5, 5.41) is 0. The number of nitrogens with zero attached hydrogens (tertiary/aromatic N) is 1. The molecular weight excluding hydrogens is 299 g/mol. The second-order valence-electron chi connectivity index (χ2n) is 7.13. The zero-order valence-corrected chi connectivity index (χ0v) is 14.0. The Bertz CT molecular complexity index is 609. The highest BCUT2D eigenvalue weighted by atomic mass is 19.1. The smallest absolute Gasteiger partial charge is 0.400 e. The van der Waals surface area contributed by atoms with E-state index in [2.05, 4.69) is 0 Å². The van der Waals surface area contributed by atoms with Crippen LogP contribution in [0.2, 0.25) is 0 Å². The van der Waals surface area contributed by atoms with Crippen LogP contribution in [0.5, 0.6) is 0 Å². The Morgan fingerprint density at radius 2 is 1.61 bits per heavy atom. The van der Waals surface area contributed by atoms with Gasteiger partial charge in [0.1, 0.15) is 17.3 Å². The van der Waals surface area contributed by atoms with Crippen LogP contribution in [0.3, 0.4) is 0 Å². The largest absolute Gasteiger partial charge is 0.490 e. The van der Waals surface area contributed by atoms with E-state index in [-0.39, 0.29) is 24.0 Å². The van der Waals surface area contributed by atoms with Crippen molar-refractivity contribution in [1.82, 2.24) is 0 Å². The summed E-state index contributed by atoms with van der Waals surface area (Å²) in [5.41, 5.74) is 0.314. The Morgan fingerprint density at radius 1 is 1.04 bits per heavy atom. The molecule has 6 heteroatoms. The molecule has 2 aliphatic heterocycles. The van der Waals surface area contributed by atoms with E-state index in [1.165, 1.54) is 18.2 Å². The molecule has 124 valence electrons. The first-order valence-corrected chi connectivity index (χ1v) is 7.95. The highest BCUT2D eigenvalue weighted by molar-refractivity contribution is 6.54. The molecule has 0 unspecified atom stereocenters. The fourth-order valence-corrected chi connectivity index (χ4v) is 2.89. The van der Waals surface area contributed by atoms with Crippen LogP contribution in [0.15, 0.2) is 29.7 Å². The molecule has 1 fully saturated rings. The van der Waals surface area contributed by atoms with Gasteiger partial charge in [-0.2, -0.15) is 0 Å². The standard InChI is InChI=1S/C17H22BF2NO2/c1-16(2)17(3,4)23-18(22-16)12-8-10-21(11-9-12)15-13(19)6-5-7-14(15)20/h5-8H,9-11H2,1-4H3. The molecule has 0 radical (unpaired) electrons. The predicted octanol–water partition coefficient (Wildman–Crippen LogP) is 3.73. The maximum Gasteiger partial charge on any atom is 0.490 e. The Morgan fingerprint density at radius 3 is 2.09 bits per heavy atom. The number of hydrogen-bond donors (Lipinski definition) is 0. The highest BCUT2D eigenvalue weighted by Gasteiger charge is 2.52. The van der Waals surface area contributed by atoms with Gasteiger partial charge in [0.2, 0.25) is 0 Å². The maximum absolute atomic E-state index is 13.9. The SMILES string of the molecule is CC1(C)OB(C2=CCN(c3c(F)cccc3F)CC2)OC1(C)C. The van der Waals surface area contributed by atoms with Crippen molar-refractivity contribution >= 4 is 12.8 Å². The molecule has 0 bridgehead atoms. The van der Waals surface area contributed by atoms with E-state index >= 15 is 0 Å². The Labute approximate surface area is 136 Å². The molecule has 0 aromatic heterocycles. The third kappa shape index (κ3) is 2.90. The van der Waals surface area contributed by atoms with E-state index in [1.807, 2.05) is 33.8 Å². The number of hydrogen-bond acceptors (Lipinski definition) is 3. The van der Waals surface area contributed by atoms with E-state index in [4.69, 9.17) is 9.31 Å². The van der Waals surface area contributed by atoms with Crippen molar-refractivity contribution in [3.63, 3.8) is 0 Å². The zero-order chi connectivity index (χ0) is 16.8. The van der Waals surface area contributed by atoms with Crippen molar-refractivity contribution in [1.29, 1.82) is 0 Å². The summed E-state index contributed by atoms with van der Waals surface area (Å²) in [6.45, 7) is 9.02. The normalized spacial score (nSPS) is 23.1. The molecule has 0 spiro atoms. The molecule has 2 heterocycles. The van der Waals surface area contributed by atoms with Gasteiger partial charge in [0.25, 0.3) is 0 Å². The molecule has 0 amide bonds. The molecule has 0 atom stereocenters. The first-order chi connectivity index (χ1) is 10.7. The van der Waals surface area contributed by atoms with Crippen LogP contribution in [-0.2, 0) is 9.31 Å². The van der Waals surface area contributed by atoms with Crippen molar-refractivity contribution in [2.75, 3.05) is 18.0 Å². The predicted molar refractivity (Wildman–Crippen MR) is 87.4 cm³/mol. The molecule has 0 N–H and O–H groups in total. The van der Waals surface area contributed by atoms with Crippen molar-refractivity contribution in [2.24, 2.45) is 0 Å². The number of anilines is 1. The average Bonchev–Trinajstić information content (AvgIpc) is 2.68. The highest BCUT2D eigenvalue weighted by Crippen LogP contribution is 2.39. The Balaban J connectivity index is 1.75. The van der Waals surface area contributed by atoms with E-state index < -0.39 is 11.6 Å². The average molecular weight is 321 g/mol. The van der Waals surface area contributed by atoms with Gasteiger partial charge in [-0.1, -0.05) is 12.1 Å². The van der Waals surface area contributed by atoms with Crippen molar-refractivity contribution in [2.45, 2.75) is 45.3 Å². The Kier molecular flexibility index (Phi) is 4.01. The molecule has 3 nitrogen and oxygen atoms in total. The van der Waals surface area contributed by atoms with E-state index in [0.29, 0.717) is 19.5 Å². The van der Waals surface area contributed by atoms with Gasteiger partial charge in [0.05, 0.1) is 11.2 Å². The molecule has 3 rings (SSSR count). The fraction of sp³-hybridized carbons (Fsp3) is 0.529. The third-order valence-electron chi connectivity index (χ3n) is 5.05. The van der Waals surface area contributed by atoms with Crippen LogP contribution in [0.25, 0.3) is 0 Å². The second kappa shape index (κ2) is 5.60. The minimum absolute atomic E-state index is 0.0386. The molecular formula is C17H22BF2NO2. The first-order valence-electron chi connectivity index (χ1n) is 7.95. The van der Waals surface area contributed by atoms with Crippen LogP contribution < -0.4 is 4.90 Å². The van der Waals surface area contributed by atoms with Gasteiger partial charge < -0.3 is 14.2 Å². The monoisotopic (exact) mass is 321 g/mol. The summed E-state index contributed by atoms with van der Waals surface area (Å²) in [5.74, 6) is -1.06. The van der Waals surface area contributed by atoms with E-state index in [1.54, 1.807) is 4.90 Å². The van der Waals surface area contributed by atoms with Gasteiger partial charge in [-0.05, 0) is 51.7 Å². The van der Waals surface area contributed by atoms with Gasteiger partial charge in [-0.25, -0.2) is 8.78 Å². The van der Waals surface area contributed by atoms with Gasteiger partial charge in [-0.3, -0.25) is 0 Å². The van der Waals surface area contributed by atoms with Crippen LogP contribution in [0.1, 0.15) is 34.1 Å². The second-order valence-corrected chi connectivity index (χ2v) is 7.13. The van der Waals surface area contributed by atoms with Gasteiger partial charge in [-0.15, -0.1) is 0 Å². The van der Waals surface area contributed by atoms with Gasteiger partial charge in [0, 0.05) is 13.1 Å². The van der Waals surface area contributed by atoms with E-state index in [0.717, 1.165) is 5.47 Å². The summed E-state index contributed by atoms with van der Waals surface area (Å²) < 4.78 is 39.8. The van der Waals surface area contributed by atoms with Gasteiger partial charge >= 0.3 is 7.12 Å². The third-order valence-corrected chi connectivity index (χ3v) is 5.05. The summed E-state index contributed by atoms with van der Waals surface area (Å²) in [7, 11) is -0.382. The molecule has 1 saturated heterocycles.